The van der Waals surface area contributed by atoms with E-state index in [9.17, 15) is 9.59 Å². The standard InChI is InChI=1S/C12H9N3O3S/c13-6-8-3-5-19-11(8)15-10(16)7-18-12(17)9-2-1-4-14-9/h1-5,14H,7H2,(H,15,16). The number of ether oxygens (including phenoxy) is 1. The molecule has 19 heavy (non-hydrogen) atoms. The van der Waals surface area contributed by atoms with Crippen LogP contribution < -0.4 is 5.32 Å². The Hall–Kier alpha value is -2.59. The van der Waals surface area contributed by atoms with Crippen LogP contribution in [0.25, 0.3) is 0 Å². The molecule has 0 atom stereocenters. The van der Waals surface area contributed by atoms with Gasteiger partial charge in [-0.2, -0.15) is 5.26 Å². The average Bonchev–Trinajstić information content (AvgIpc) is 3.06. The van der Waals surface area contributed by atoms with Crippen molar-refractivity contribution >= 4 is 28.2 Å². The first-order valence-corrected chi connectivity index (χ1v) is 6.16. The number of carbonyl (C=O) groups excluding carboxylic acids is 2. The van der Waals surface area contributed by atoms with E-state index in [0.29, 0.717) is 10.6 Å². The normalized spacial score (nSPS) is 9.63. The molecule has 0 aliphatic rings. The molecule has 0 unspecified atom stereocenters. The van der Waals surface area contributed by atoms with Crippen molar-refractivity contribution in [3.05, 3.63) is 41.0 Å². The lowest BCUT2D eigenvalue weighted by Gasteiger charge is -2.04. The molecule has 0 bridgehead atoms. The molecule has 2 rings (SSSR count). The molecular formula is C12H9N3O3S. The van der Waals surface area contributed by atoms with Crippen molar-refractivity contribution in [2.24, 2.45) is 0 Å². The maximum Gasteiger partial charge on any atom is 0.355 e. The molecule has 1 amide bonds. The summed E-state index contributed by atoms with van der Waals surface area (Å²) in [6.07, 6.45) is 1.58. The van der Waals surface area contributed by atoms with Crippen molar-refractivity contribution in [3.63, 3.8) is 0 Å². The lowest BCUT2D eigenvalue weighted by atomic mass is 10.3. The van der Waals surface area contributed by atoms with Crippen molar-refractivity contribution in [1.82, 2.24) is 4.98 Å². The lowest BCUT2D eigenvalue weighted by molar-refractivity contribution is -0.119. The molecule has 7 heteroatoms. The van der Waals surface area contributed by atoms with Crippen molar-refractivity contribution in [2.45, 2.75) is 0 Å². The van der Waals surface area contributed by atoms with Crippen LogP contribution in [-0.2, 0) is 9.53 Å². The van der Waals surface area contributed by atoms with Crippen LogP contribution in [0.2, 0.25) is 0 Å². The van der Waals surface area contributed by atoms with Gasteiger partial charge in [0.05, 0.1) is 5.56 Å². The van der Waals surface area contributed by atoms with Gasteiger partial charge < -0.3 is 15.0 Å². The third-order valence-corrected chi connectivity index (χ3v) is 3.02. The number of aromatic amines is 1. The number of carbonyl (C=O) groups is 2. The average molecular weight is 275 g/mol. The Morgan fingerprint density at radius 1 is 1.47 bits per heavy atom. The quantitative estimate of drug-likeness (QED) is 0.831. The second-order valence-electron chi connectivity index (χ2n) is 3.48. The molecule has 0 saturated heterocycles. The molecular weight excluding hydrogens is 266 g/mol. The van der Waals surface area contributed by atoms with Gasteiger partial charge >= 0.3 is 5.97 Å². The lowest BCUT2D eigenvalue weighted by Crippen LogP contribution is -2.20. The number of nitriles is 1. The monoisotopic (exact) mass is 275 g/mol. The predicted molar refractivity (Wildman–Crippen MR) is 68.7 cm³/mol. The smallest absolute Gasteiger partial charge is 0.355 e. The second-order valence-corrected chi connectivity index (χ2v) is 4.40. The Balaban J connectivity index is 1.86. The minimum atomic E-state index is -0.605. The summed E-state index contributed by atoms with van der Waals surface area (Å²) in [7, 11) is 0. The Morgan fingerprint density at radius 3 is 3.00 bits per heavy atom. The molecule has 0 saturated carbocycles. The van der Waals surface area contributed by atoms with E-state index >= 15 is 0 Å². The van der Waals surface area contributed by atoms with E-state index in [1.54, 1.807) is 29.8 Å². The van der Waals surface area contributed by atoms with Gasteiger partial charge in [-0.1, -0.05) is 0 Å². The van der Waals surface area contributed by atoms with Crippen LogP contribution >= 0.6 is 11.3 Å². The molecule has 2 heterocycles. The number of rotatable bonds is 4. The first kappa shape index (κ1) is 12.9. The van der Waals surface area contributed by atoms with Crippen LogP contribution in [-0.4, -0.2) is 23.5 Å². The summed E-state index contributed by atoms with van der Waals surface area (Å²) < 4.78 is 4.81. The van der Waals surface area contributed by atoms with E-state index in [4.69, 9.17) is 10.00 Å². The van der Waals surface area contributed by atoms with Crippen LogP contribution in [0.3, 0.4) is 0 Å². The maximum atomic E-state index is 11.6. The summed E-state index contributed by atoms with van der Waals surface area (Å²) >= 11 is 1.23. The van der Waals surface area contributed by atoms with Crippen LogP contribution in [0.5, 0.6) is 0 Å². The van der Waals surface area contributed by atoms with Crippen LogP contribution in [0.4, 0.5) is 5.00 Å². The highest BCUT2D eigenvalue weighted by atomic mass is 32.1. The number of aromatic nitrogens is 1. The van der Waals surface area contributed by atoms with Gasteiger partial charge in [-0.15, -0.1) is 11.3 Å². The fourth-order valence-electron chi connectivity index (χ4n) is 1.32. The fourth-order valence-corrected chi connectivity index (χ4v) is 2.08. The van der Waals surface area contributed by atoms with Gasteiger partial charge in [-0.25, -0.2) is 4.79 Å². The molecule has 0 spiro atoms. The molecule has 0 aromatic carbocycles. The molecule has 0 fully saturated rings. The number of H-pyrrole nitrogens is 1. The van der Waals surface area contributed by atoms with E-state index in [1.165, 1.54) is 11.3 Å². The van der Waals surface area contributed by atoms with Gasteiger partial charge in [-0.05, 0) is 23.6 Å². The third-order valence-electron chi connectivity index (χ3n) is 2.19. The van der Waals surface area contributed by atoms with Crippen LogP contribution in [0, 0.1) is 11.3 Å². The number of esters is 1. The van der Waals surface area contributed by atoms with Gasteiger partial charge in [0, 0.05) is 6.20 Å². The topological polar surface area (TPSA) is 95.0 Å². The Kier molecular flexibility index (Phi) is 3.95. The largest absolute Gasteiger partial charge is 0.451 e. The SMILES string of the molecule is N#Cc1ccsc1NC(=O)COC(=O)c1ccc[nH]1. The minimum absolute atomic E-state index is 0.279. The number of nitrogens with zero attached hydrogens (tertiary/aromatic N) is 1. The van der Waals surface area contributed by atoms with E-state index in [0.717, 1.165) is 0 Å². The molecule has 0 aliphatic carbocycles. The first-order valence-electron chi connectivity index (χ1n) is 5.28. The number of nitrogens with one attached hydrogen (secondary N) is 2. The number of thiophene rings is 1. The Labute approximate surface area is 112 Å². The van der Waals surface area contributed by atoms with E-state index < -0.39 is 18.5 Å². The second kappa shape index (κ2) is 5.84. The summed E-state index contributed by atoms with van der Waals surface area (Å²) in [5.41, 5.74) is 0.663. The van der Waals surface area contributed by atoms with Gasteiger partial charge in [0.1, 0.15) is 16.8 Å². The summed E-state index contributed by atoms with van der Waals surface area (Å²) in [5.74, 6) is -1.09. The van der Waals surface area contributed by atoms with Crippen molar-refractivity contribution in [2.75, 3.05) is 11.9 Å². The number of anilines is 1. The minimum Gasteiger partial charge on any atom is -0.451 e. The zero-order valence-electron chi connectivity index (χ0n) is 9.67. The first-order chi connectivity index (χ1) is 9.20. The number of hydrogen-bond donors (Lipinski definition) is 2. The van der Waals surface area contributed by atoms with Gasteiger partial charge in [0.25, 0.3) is 5.91 Å². The van der Waals surface area contributed by atoms with Crippen LogP contribution in [0.1, 0.15) is 16.1 Å². The highest BCUT2D eigenvalue weighted by Crippen LogP contribution is 2.21. The summed E-state index contributed by atoms with van der Waals surface area (Å²) in [6.45, 7) is -0.402. The van der Waals surface area contributed by atoms with Gasteiger partial charge in [-0.3, -0.25) is 4.79 Å². The molecule has 96 valence electrons. The summed E-state index contributed by atoms with van der Waals surface area (Å²) in [6, 6.07) is 6.76. The molecule has 2 N–H and O–H groups in total. The third kappa shape index (κ3) is 3.20. The molecule has 2 aromatic heterocycles. The van der Waals surface area contributed by atoms with Gasteiger partial charge in [0.2, 0.25) is 0 Å². The summed E-state index contributed by atoms with van der Waals surface area (Å²) in [4.78, 5) is 25.7. The molecule has 0 radical (unpaired) electrons. The highest BCUT2D eigenvalue weighted by Gasteiger charge is 2.12. The molecule has 0 aliphatic heterocycles. The highest BCUT2D eigenvalue weighted by molar-refractivity contribution is 7.14. The predicted octanol–water partition coefficient (Wildman–Crippen LogP) is 1.74. The Bertz CT molecular complexity index is 625. The fraction of sp³-hybridized carbons (Fsp3) is 0.0833. The zero-order chi connectivity index (χ0) is 13.7. The van der Waals surface area contributed by atoms with Crippen molar-refractivity contribution < 1.29 is 14.3 Å². The van der Waals surface area contributed by atoms with Crippen molar-refractivity contribution in [1.29, 1.82) is 5.26 Å². The van der Waals surface area contributed by atoms with E-state index in [1.807, 2.05) is 6.07 Å². The number of hydrogen-bond acceptors (Lipinski definition) is 5. The molecule has 6 nitrogen and oxygen atoms in total. The van der Waals surface area contributed by atoms with Crippen LogP contribution in [0.15, 0.2) is 29.8 Å². The Morgan fingerprint density at radius 2 is 2.32 bits per heavy atom. The zero-order valence-corrected chi connectivity index (χ0v) is 10.5. The van der Waals surface area contributed by atoms with Gasteiger partial charge in [0.15, 0.2) is 6.61 Å². The number of amides is 1. The van der Waals surface area contributed by atoms with E-state index in [-0.39, 0.29) is 5.69 Å². The summed E-state index contributed by atoms with van der Waals surface area (Å²) in [5, 5.41) is 13.4. The molecule has 2 aromatic rings. The van der Waals surface area contributed by atoms with E-state index in [2.05, 4.69) is 10.3 Å². The van der Waals surface area contributed by atoms with Crippen molar-refractivity contribution in [3.8, 4) is 6.07 Å². The maximum absolute atomic E-state index is 11.6.